The maximum Gasteiger partial charge on any atom is 0.114 e. The topological polar surface area (TPSA) is 33.6 Å². The number of hydrogen-bond acceptors (Lipinski definition) is 3. The van der Waals surface area contributed by atoms with Crippen molar-refractivity contribution < 1.29 is 4.84 Å². The molecule has 1 saturated heterocycles. The second-order valence-corrected chi connectivity index (χ2v) is 5.77. The van der Waals surface area contributed by atoms with Gasteiger partial charge in [-0.1, -0.05) is 23.4 Å². The first-order chi connectivity index (χ1) is 9.20. The first-order valence-corrected chi connectivity index (χ1v) is 7.14. The molecule has 0 amide bonds. The van der Waals surface area contributed by atoms with Gasteiger partial charge in [-0.05, 0) is 49.9 Å². The summed E-state index contributed by atoms with van der Waals surface area (Å²) in [6.07, 6.45) is 2.02. The predicted molar refractivity (Wildman–Crippen MR) is 77.6 cm³/mol. The van der Waals surface area contributed by atoms with E-state index in [4.69, 9.17) is 4.84 Å². The van der Waals surface area contributed by atoms with Crippen molar-refractivity contribution in [3.8, 4) is 0 Å². The second-order valence-electron chi connectivity index (χ2n) is 5.77. The van der Waals surface area contributed by atoms with Crippen molar-refractivity contribution >= 4 is 6.21 Å². The molecule has 3 nitrogen and oxygen atoms in total. The number of hydrogen-bond donors (Lipinski definition) is 1. The largest absolute Gasteiger partial charge is 0.396 e. The molecular weight excluding hydrogens is 236 g/mol. The molecule has 1 aromatic carbocycles. The fraction of sp³-hybridized carbons (Fsp3) is 0.562. The lowest BCUT2D eigenvalue weighted by molar-refractivity contribution is 0.159. The highest BCUT2D eigenvalue weighted by Gasteiger charge is 2.67. The van der Waals surface area contributed by atoms with E-state index in [0.29, 0.717) is 18.4 Å². The van der Waals surface area contributed by atoms with Crippen LogP contribution in [0.15, 0.2) is 23.4 Å². The number of aryl methyl sites for hydroxylation is 2. The Morgan fingerprint density at radius 3 is 3.00 bits per heavy atom. The van der Waals surface area contributed by atoms with Crippen molar-refractivity contribution in [2.45, 2.75) is 26.2 Å². The van der Waals surface area contributed by atoms with Crippen LogP contribution in [0.3, 0.4) is 0 Å². The Hall–Kier alpha value is -1.35. The molecule has 102 valence electrons. The molecule has 1 aromatic rings. The van der Waals surface area contributed by atoms with Crippen molar-refractivity contribution in [3.63, 3.8) is 0 Å². The highest BCUT2D eigenvalue weighted by Crippen LogP contribution is 2.61. The lowest BCUT2D eigenvalue weighted by Gasteiger charge is -2.16. The van der Waals surface area contributed by atoms with E-state index in [1.165, 1.54) is 16.7 Å². The molecule has 3 unspecified atom stereocenters. The number of benzene rings is 1. The number of nitrogens with zero attached hydrogens (tertiary/aromatic N) is 1. The van der Waals surface area contributed by atoms with Crippen molar-refractivity contribution in [1.29, 1.82) is 0 Å². The molecule has 0 aromatic heterocycles. The lowest BCUT2D eigenvalue weighted by atomic mass is 9.90. The summed E-state index contributed by atoms with van der Waals surface area (Å²) in [5.74, 6) is 1.21. The van der Waals surface area contributed by atoms with Crippen molar-refractivity contribution in [3.05, 3.63) is 34.9 Å². The van der Waals surface area contributed by atoms with Gasteiger partial charge in [0.2, 0.25) is 0 Å². The highest BCUT2D eigenvalue weighted by molar-refractivity contribution is 5.72. The maximum atomic E-state index is 5.12. The molecule has 2 fully saturated rings. The molecule has 19 heavy (non-hydrogen) atoms. The van der Waals surface area contributed by atoms with E-state index in [0.717, 1.165) is 13.1 Å². The minimum atomic E-state index is 0.263. The Balaban J connectivity index is 1.87. The number of piperidine rings is 1. The second kappa shape index (κ2) is 4.64. The summed E-state index contributed by atoms with van der Waals surface area (Å²) in [6.45, 7) is 9.12. The Labute approximate surface area is 115 Å². The van der Waals surface area contributed by atoms with Crippen LogP contribution in [0.2, 0.25) is 0 Å². The van der Waals surface area contributed by atoms with Crippen molar-refractivity contribution in [1.82, 2.24) is 5.32 Å². The van der Waals surface area contributed by atoms with Gasteiger partial charge in [0.1, 0.15) is 6.61 Å². The van der Waals surface area contributed by atoms with Gasteiger partial charge in [0.15, 0.2) is 0 Å². The number of nitrogens with one attached hydrogen (secondary N) is 1. The van der Waals surface area contributed by atoms with E-state index in [1.807, 2.05) is 13.1 Å². The molecule has 3 rings (SSSR count). The van der Waals surface area contributed by atoms with Gasteiger partial charge in [-0.3, -0.25) is 0 Å². The molecule has 0 radical (unpaired) electrons. The minimum absolute atomic E-state index is 0.263. The molecule has 1 aliphatic carbocycles. The monoisotopic (exact) mass is 258 g/mol. The quantitative estimate of drug-likeness (QED) is 0.664. The van der Waals surface area contributed by atoms with E-state index < -0.39 is 0 Å². The van der Waals surface area contributed by atoms with Gasteiger partial charge in [-0.15, -0.1) is 0 Å². The highest BCUT2D eigenvalue weighted by atomic mass is 16.6. The zero-order valence-electron chi connectivity index (χ0n) is 11.9. The average molecular weight is 258 g/mol. The lowest BCUT2D eigenvalue weighted by Crippen LogP contribution is -2.24. The number of rotatable bonds is 4. The summed E-state index contributed by atoms with van der Waals surface area (Å²) in [4.78, 5) is 5.12. The zero-order chi connectivity index (χ0) is 13.5. The SMILES string of the molecule is CCO/N=C\C1C2CNCC12c1ccc(C)c(C)c1. The number of oxime groups is 1. The van der Waals surface area contributed by atoms with Crippen LogP contribution in [0.5, 0.6) is 0 Å². The Morgan fingerprint density at radius 2 is 2.26 bits per heavy atom. The smallest absolute Gasteiger partial charge is 0.114 e. The van der Waals surface area contributed by atoms with Crippen LogP contribution in [0, 0.1) is 25.7 Å². The molecule has 1 aliphatic heterocycles. The molecule has 1 heterocycles. The van der Waals surface area contributed by atoms with E-state index in [9.17, 15) is 0 Å². The maximum absolute atomic E-state index is 5.12. The van der Waals surface area contributed by atoms with E-state index in [1.54, 1.807) is 0 Å². The molecule has 3 atom stereocenters. The standard InChI is InChI=1S/C16H22N2O/c1-4-19-18-9-15-14-8-17-10-16(14,15)13-6-5-11(2)12(3)7-13/h5-7,9,14-15,17H,4,8,10H2,1-3H3/b18-9-. The average Bonchev–Trinajstić information content (AvgIpc) is 2.81. The van der Waals surface area contributed by atoms with E-state index in [-0.39, 0.29) is 5.41 Å². The van der Waals surface area contributed by atoms with Crippen LogP contribution >= 0.6 is 0 Å². The van der Waals surface area contributed by atoms with Crippen LogP contribution in [0.4, 0.5) is 0 Å². The third kappa shape index (κ3) is 1.88. The zero-order valence-corrected chi connectivity index (χ0v) is 11.9. The molecule has 2 aliphatic rings. The fourth-order valence-corrected chi connectivity index (χ4v) is 3.50. The Bertz CT molecular complexity index is 511. The summed E-state index contributed by atoms with van der Waals surface area (Å²) >= 11 is 0. The molecule has 3 heteroatoms. The van der Waals surface area contributed by atoms with Crippen molar-refractivity contribution in [2.24, 2.45) is 17.0 Å². The van der Waals surface area contributed by atoms with Crippen LogP contribution < -0.4 is 5.32 Å². The van der Waals surface area contributed by atoms with Gasteiger partial charge in [0.25, 0.3) is 0 Å². The number of fused-ring (bicyclic) bond motifs is 1. The third-order valence-electron chi connectivity index (χ3n) is 4.83. The van der Waals surface area contributed by atoms with Crippen LogP contribution in [0.1, 0.15) is 23.6 Å². The molecular formula is C16H22N2O. The van der Waals surface area contributed by atoms with Gasteiger partial charge in [-0.25, -0.2) is 0 Å². The summed E-state index contributed by atoms with van der Waals surface area (Å²) in [5.41, 5.74) is 4.46. The predicted octanol–water partition coefficient (Wildman–Crippen LogP) is 2.41. The van der Waals surface area contributed by atoms with Crippen LogP contribution in [0.25, 0.3) is 0 Å². The summed E-state index contributed by atoms with van der Waals surface area (Å²) in [7, 11) is 0. The molecule has 0 spiro atoms. The Kier molecular flexibility index (Phi) is 3.09. The van der Waals surface area contributed by atoms with E-state index in [2.05, 4.69) is 42.5 Å². The Morgan fingerprint density at radius 1 is 1.42 bits per heavy atom. The van der Waals surface area contributed by atoms with Gasteiger partial charge in [-0.2, -0.15) is 0 Å². The van der Waals surface area contributed by atoms with Gasteiger partial charge < -0.3 is 10.2 Å². The van der Waals surface area contributed by atoms with Gasteiger partial charge >= 0.3 is 0 Å². The van der Waals surface area contributed by atoms with Crippen LogP contribution in [-0.4, -0.2) is 25.9 Å². The first-order valence-electron chi connectivity index (χ1n) is 7.14. The minimum Gasteiger partial charge on any atom is -0.396 e. The van der Waals surface area contributed by atoms with Crippen molar-refractivity contribution in [2.75, 3.05) is 19.7 Å². The first kappa shape index (κ1) is 12.7. The van der Waals surface area contributed by atoms with E-state index >= 15 is 0 Å². The third-order valence-corrected chi connectivity index (χ3v) is 4.83. The molecule has 0 bridgehead atoms. The molecule has 1 N–H and O–H groups in total. The van der Waals surface area contributed by atoms with Crippen LogP contribution in [-0.2, 0) is 10.3 Å². The van der Waals surface area contributed by atoms with Gasteiger partial charge in [0.05, 0.1) is 0 Å². The summed E-state index contributed by atoms with van der Waals surface area (Å²) in [6, 6.07) is 6.88. The van der Waals surface area contributed by atoms with Gasteiger partial charge in [0, 0.05) is 24.1 Å². The molecule has 1 saturated carbocycles. The summed E-state index contributed by atoms with van der Waals surface area (Å²) in [5, 5.41) is 7.61. The summed E-state index contributed by atoms with van der Waals surface area (Å²) < 4.78 is 0. The fourth-order valence-electron chi connectivity index (χ4n) is 3.50. The normalized spacial score (nSPS) is 32.6.